The first-order valence-electron chi connectivity index (χ1n) is 9.96. The molecule has 0 radical (unpaired) electrons. The number of ether oxygens (including phenoxy) is 1. The minimum Gasteiger partial charge on any atom is -0.424 e. The monoisotopic (exact) mass is 406 g/mol. The lowest BCUT2D eigenvalue weighted by molar-refractivity contribution is -0.131. The highest BCUT2D eigenvalue weighted by molar-refractivity contribution is 5.97. The van der Waals surface area contributed by atoms with E-state index in [9.17, 15) is 10.1 Å². The third-order valence-corrected chi connectivity index (χ3v) is 5.45. The van der Waals surface area contributed by atoms with Crippen LogP contribution in [0.1, 0.15) is 29.8 Å². The lowest BCUT2D eigenvalue weighted by atomic mass is 10.0. The Labute approximate surface area is 179 Å². The van der Waals surface area contributed by atoms with Gasteiger partial charge in [0.15, 0.2) is 5.75 Å². The van der Waals surface area contributed by atoms with Crippen molar-refractivity contribution in [3.8, 4) is 22.9 Å². The smallest absolute Gasteiger partial charge is 0.317 e. The molecule has 1 aliphatic heterocycles. The number of nitrogens with one attached hydrogen (secondary N) is 1. The molecule has 0 saturated carbocycles. The van der Waals surface area contributed by atoms with Crippen molar-refractivity contribution in [3.63, 3.8) is 0 Å². The van der Waals surface area contributed by atoms with Crippen molar-refractivity contribution in [3.05, 3.63) is 83.8 Å². The molecule has 6 nitrogen and oxygen atoms in total. The first-order chi connectivity index (χ1) is 15.1. The fourth-order valence-electron chi connectivity index (χ4n) is 3.80. The van der Waals surface area contributed by atoms with Gasteiger partial charge in [-0.05, 0) is 36.2 Å². The van der Waals surface area contributed by atoms with E-state index in [1.807, 2.05) is 42.5 Å². The van der Waals surface area contributed by atoms with Crippen LogP contribution in [0.4, 0.5) is 5.69 Å². The molecule has 0 aliphatic carbocycles. The largest absolute Gasteiger partial charge is 0.424 e. The zero-order valence-electron chi connectivity index (χ0n) is 16.8. The summed E-state index contributed by atoms with van der Waals surface area (Å²) in [6, 6.07) is 20.0. The minimum absolute atomic E-state index is 0.00336. The number of nitriles is 1. The maximum absolute atomic E-state index is 11.5. The molecule has 4 aromatic rings. The molecule has 31 heavy (non-hydrogen) atoms. The summed E-state index contributed by atoms with van der Waals surface area (Å²) in [5.74, 6) is 0.213. The van der Waals surface area contributed by atoms with Gasteiger partial charge in [0.2, 0.25) is 0 Å². The number of nitrogens with zero attached hydrogens (tertiary/aromatic N) is 3. The van der Waals surface area contributed by atoms with Crippen LogP contribution in [0.5, 0.6) is 5.75 Å². The molecule has 2 aromatic heterocycles. The van der Waals surface area contributed by atoms with Gasteiger partial charge in [-0.25, -0.2) is 0 Å². The molecule has 0 bridgehead atoms. The number of pyridine rings is 2. The van der Waals surface area contributed by atoms with E-state index >= 15 is 0 Å². The summed E-state index contributed by atoms with van der Waals surface area (Å²) < 4.78 is 5.25. The van der Waals surface area contributed by atoms with E-state index in [0.29, 0.717) is 17.0 Å². The molecule has 5 rings (SSSR count). The summed E-state index contributed by atoms with van der Waals surface area (Å²) in [5, 5.41) is 14.0. The Kier molecular flexibility index (Phi) is 4.57. The molecule has 1 aliphatic rings. The SMILES string of the molecule is CC(Nc1c(C#N)cnc2ccc(-c3cnc4c(c3)OC(=O)C4)cc12)c1ccccc1. The molecule has 1 N–H and O–H groups in total. The van der Waals surface area contributed by atoms with E-state index in [4.69, 9.17) is 4.74 Å². The van der Waals surface area contributed by atoms with Crippen molar-refractivity contribution in [2.24, 2.45) is 0 Å². The van der Waals surface area contributed by atoms with Crippen molar-refractivity contribution in [1.82, 2.24) is 9.97 Å². The Morgan fingerprint density at radius 2 is 1.90 bits per heavy atom. The summed E-state index contributed by atoms with van der Waals surface area (Å²) in [6.45, 7) is 2.06. The number of hydrogen-bond acceptors (Lipinski definition) is 6. The number of anilines is 1. The molecule has 2 aromatic carbocycles. The summed E-state index contributed by atoms with van der Waals surface area (Å²) in [6.07, 6.45) is 3.54. The topological polar surface area (TPSA) is 87.9 Å². The molecule has 150 valence electrons. The highest BCUT2D eigenvalue weighted by Crippen LogP contribution is 2.34. The van der Waals surface area contributed by atoms with E-state index in [1.165, 1.54) is 0 Å². The highest BCUT2D eigenvalue weighted by Gasteiger charge is 2.22. The number of esters is 1. The standard InChI is InChI=1S/C25H18N4O2/c1-15(16-5-3-2-4-6-16)29-25-19(12-26)14-27-21-8-7-17(9-20(21)25)18-10-23-22(28-13-18)11-24(30)31-23/h2-10,13-15H,11H2,1H3,(H,27,29). The van der Waals surface area contributed by atoms with Crippen LogP contribution in [0.3, 0.4) is 0 Å². The number of carbonyl (C=O) groups is 1. The normalized spacial score (nSPS) is 13.4. The Morgan fingerprint density at radius 1 is 1.06 bits per heavy atom. The maximum Gasteiger partial charge on any atom is 0.317 e. The van der Waals surface area contributed by atoms with Crippen LogP contribution in [0.25, 0.3) is 22.0 Å². The highest BCUT2D eigenvalue weighted by atomic mass is 16.5. The van der Waals surface area contributed by atoms with Crippen LogP contribution in [0, 0.1) is 11.3 Å². The third-order valence-electron chi connectivity index (χ3n) is 5.45. The molecular formula is C25H18N4O2. The Bertz CT molecular complexity index is 1360. The fraction of sp³-hybridized carbons (Fsp3) is 0.120. The van der Waals surface area contributed by atoms with Gasteiger partial charge in [-0.3, -0.25) is 14.8 Å². The lowest BCUT2D eigenvalue weighted by Gasteiger charge is -2.18. The van der Waals surface area contributed by atoms with Gasteiger partial charge in [-0.15, -0.1) is 0 Å². The molecule has 1 atom stereocenters. The second-order valence-corrected chi connectivity index (χ2v) is 7.49. The summed E-state index contributed by atoms with van der Waals surface area (Å²) >= 11 is 0. The van der Waals surface area contributed by atoms with Gasteiger partial charge < -0.3 is 10.1 Å². The lowest BCUT2D eigenvalue weighted by Crippen LogP contribution is -2.08. The number of fused-ring (bicyclic) bond motifs is 2. The van der Waals surface area contributed by atoms with Crippen LogP contribution in [-0.2, 0) is 11.2 Å². The zero-order valence-corrected chi connectivity index (χ0v) is 16.8. The van der Waals surface area contributed by atoms with Crippen LogP contribution >= 0.6 is 0 Å². The van der Waals surface area contributed by atoms with Crippen LogP contribution in [0.2, 0.25) is 0 Å². The second-order valence-electron chi connectivity index (χ2n) is 7.49. The maximum atomic E-state index is 11.5. The number of benzene rings is 2. The van der Waals surface area contributed by atoms with Gasteiger partial charge in [0.05, 0.1) is 28.9 Å². The Balaban J connectivity index is 1.59. The molecule has 0 amide bonds. The van der Waals surface area contributed by atoms with Gasteiger partial charge in [0, 0.05) is 29.4 Å². The fourth-order valence-corrected chi connectivity index (χ4v) is 3.80. The summed E-state index contributed by atoms with van der Waals surface area (Å²) in [7, 11) is 0. The molecule has 3 heterocycles. The van der Waals surface area contributed by atoms with Crippen molar-refractivity contribution >= 4 is 22.6 Å². The average Bonchev–Trinajstić information content (AvgIpc) is 3.18. The van der Waals surface area contributed by atoms with Crippen LogP contribution in [-0.4, -0.2) is 15.9 Å². The van der Waals surface area contributed by atoms with Gasteiger partial charge in [0.1, 0.15) is 6.07 Å². The molecule has 0 spiro atoms. The summed E-state index contributed by atoms with van der Waals surface area (Å²) in [5.41, 5.74) is 5.52. The predicted octanol–water partition coefficient (Wildman–Crippen LogP) is 4.80. The quantitative estimate of drug-likeness (QED) is 0.490. The number of carbonyl (C=O) groups excluding carboxylic acids is 1. The Hall–Kier alpha value is -4.24. The van der Waals surface area contributed by atoms with Gasteiger partial charge in [-0.2, -0.15) is 5.26 Å². The predicted molar refractivity (Wildman–Crippen MR) is 118 cm³/mol. The Morgan fingerprint density at radius 3 is 2.71 bits per heavy atom. The number of aromatic nitrogens is 2. The first-order valence-corrected chi connectivity index (χ1v) is 9.96. The van der Waals surface area contributed by atoms with Crippen molar-refractivity contribution < 1.29 is 9.53 Å². The van der Waals surface area contributed by atoms with Crippen molar-refractivity contribution in [1.29, 1.82) is 5.26 Å². The summed E-state index contributed by atoms with van der Waals surface area (Å²) in [4.78, 5) is 20.4. The van der Waals surface area contributed by atoms with E-state index in [0.717, 1.165) is 33.3 Å². The van der Waals surface area contributed by atoms with Gasteiger partial charge in [-0.1, -0.05) is 36.4 Å². The minimum atomic E-state index is -0.289. The van der Waals surface area contributed by atoms with E-state index in [-0.39, 0.29) is 18.4 Å². The second kappa shape index (κ2) is 7.54. The van der Waals surface area contributed by atoms with Crippen molar-refractivity contribution in [2.45, 2.75) is 19.4 Å². The zero-order chi connectivity index (χ0) is 21.4. The average molecular weight is 406 g/mol. The molecular weight excluding hydrogens is 388 g/mol. The van der Waals surface area contributed by atoms with E-state index in [2.05, 4.69) is 40.4 Å². The molecule has 0 saturated heterocycles. The molecule has 1 unspecified atom stereocenters. The van der Waals surface area contributed by atoms with Crippen molar-refractivity contribution in [2.75, 3.05) is 5.32 Å². The van der Waals surface area contributed by atoms with E-state index < -0.39 is 0 Å². The van der Waals surface area contributed by atoms with Gasteiger partial charge >= 0.3 is 5.97 Å². The molecule has 6 heteroatoms. The van der Waals surface area contributed by atoms with Crippen LogP contribution < -0.4 is 10.1 Å². The molecule has 0 fully saturated rings. The van der Waals surface area contributed by atoms with Gasteiger partial charge in [0.25, 0.3) is 0 Å². The van der Waals surface area contributed by atoms with Crippen LogP contribution in [0.15, 0.2) is 67.0 Å². The third kappa shape index (κ3) is 3.47. The number of hydrogen-bond donors (Lipinski definition) is 1. The first kappa shape index (κ1) is 18.8. The number of rotatable bonds is 4. The van der Waals surface area contributed by atoms with E-state index in [1.54, 1.807) is 12.4 Å².